The van der Waals surface area contributed by atoms with Crippen LogP contribution in [-0.4, -0.2) is 4.57 Å². The van der Waals surface area contributed by atoms with E-state index in [1.807, 2.05) is 4.57 Å². The van der Waals surface area contributed by atoms with Gasteiger partial charge in [0.15, 0.2) is 11.6 Å². The van der Waals surface area contributed by atoms with Gasteiger partial charge < -0.3 is 4.57 Å². The van der Waals surface area contributed by atoms with E-state index in [4.69, 9.17) is 0 Å². The highest BCUT2D eigenvalue weighted by atomic mass is 19.2. The molecule has 0 bridgehead atoms. The molecule has 0 spiro atoms. The lowest BCUT2D eigenvalue weighted by molar-refractivity contribution is 0.506. The maximum atomic E-state index is 13.1. The summed E-state index contributed by atoms with van der Waals surface area (Å²) in [5.41, 5.74) is 1.51. The molecule has 0 N–H and O–H groups in total. The molecule has 0 aliphatic heterocycles. The van der Waals surface area contributed by atoms with Crippen molar-refractivity contribution in [2.45, 2.75) is 6.54 Å². The van der Waals surface area contributed by atoms with Crippen LogP contribution in [0.4, 0.5) is 13.2 Å². The lowest BCUT2D eigenvalue weighted by Gasteiger charge is -2.06. The summed E-state index contributed by atoms with van der Waals surface area (Å²) in [6.45, 7) is 0.409. The van der Waals surface area contributed by atoms with Crippen molar-refractivity contribution < 1.29 is 13.2 Å². The zero-order chi connectivity index (χ0) is 13.4. The Bertz CT molecular complexity index is 746. The molecule has 0 unspecified atom stereocenters. The van der Waals surface area contributed by atoms with Crippen LogP contribution in [0.1, 0.15) is 5.56 Å². The van der Waals surface area contributed by atoms with E-state index in [-0.39, 0.29) is 5.82 Å². The number of hydrogen-bond acceptors (Lipinski definition) is 0. The molecule has 3 rings (SSSR count). The van der Waals surface area contributed by atoms with Crippen LogP contribution in [0.2, 0.25) is 0 Å². The lowest BCUT2D eigenvalue weighted by Crippen LogP contribution is -1.99. The SMILES string of the molecule is Fc1ccc2c(ccn2Cc2ccc(F)c(F)c2)c1. The zero-order valence-corrected chi connectivity index (χ0v) is 9.91. The number of hydrogen-bond donors (Lipinski definition) is 0. The Morgan fingerprint density at radius 3 is 2.47 bits per heavy atom. The first-order valence-corrected chi connectivity index (χ1v) is 5.82. The third-order valence-electron chi connectivity index (χ3n) is 3.07. The molecular weight excluding hydrogens is 251 g/mol. The number of halogens is 3. The Morgan fingerprint density at radius 2 is 1.68 bits per heavy atom. The maximum Gasteiger partial charge on any atom is 0.159 e. The van der Waals surface area contributed by atoms with Crippen molar-refractivity contribution in [2.75, 3.05) is 0 Å². The summed E-state index contributed by atoms with van der Waals surface area (Å²) in [6.07, 6.45) is 1.80. The number of benzene rings is 2. The summed E-state index contributed by atoms with van der Waals surface area (Å²) in [4.78, 5) is 0. The van der Waals surface area contributed by atoms with Crippen molar-refractivity contribution in [3.05, 3.63) is 71.7 Å². The van der Waals surface area contributed by atoms with Crippen LogP contribution in [0.15, 0.2) is 48.7 Å². The number of nitrogens with zero attached hydrogens (tertiary/aromatic N) is 1. The van der Waals surface area contributed by atoms with Crippen molar-refractivity contribution in [2.24, 2.45) is 0 Å². The van der Waals surface area contributed by atoms with Gasteiger partial charge in [-0.05, 0) is 42.0 Å². The molecular formula is C15H10F3N. The smallest absolute Gasteiger partial charge is 0.159 e. The predicted molar refractivity (Wildman–Crippen MR) is 67.4 cm³/mol. The monoisotopic (exact) mass is 261 g/mol. The molecule has 96 valence electrons. The van der Waals surface area contributed by atoms with Crippen LogP contribution in [0, 0.1) is 17.5 Å². The molecule has 0 aliphatic rings. The van der Waals surface area contributed by atoms with Gasteiger partial charge in [0.2, 0.25) is 0 Å². The zero-order valence-electron chi connectivity index (χ0n) is 9.91. The number of aromatic nitrogens is 1. The van der Waals surface area contributed by atoms with E-state index in [2.05, 4.69) is 0 Å². The molecule has 0 saturated carbocycles. The lowest BCUT2D eigenvalue weighted by atomic mass is 10.2. The molecule has 1 heterocycles. The van der Waals surface area contributed by atoms with E-state index >= 15 is 0 Å². The average molecular weight is 261 g/mol. The van der Waals surface area contributed by atoms with E-state index < -0.39 is 11.6 Å². The second-order valence-electron chi connectivity index (χ2n) is 4.40. The molecule has 0 amide bonds. The van der Waals surface area contributed by atoms with Crippen molar-refractivity contribution >= 4 is 10.9 Å². The normalized spacial score (nSPS) is 11.1. The van der Waals surface area contributed by atoms with Crippen molar-refractivity contribution in [1.29, 1.82) is 0 Å². The Labute approximate surface area is 107 Å². The van der Waals surface area contributed by atoms with Gasteiger partial charge in [-0.15, -0.1) is 0 Å². The molecule has 4 heteroatoms. The summed E-state index contributed by atoms with van der Waals surface area (Å²) in [7, 11) is 0. The van der Waals surface area contributed by atoms with E-state index in [9.17, 15) is 13.2 Å². The standard InChI is InChI=1S/C15H10F3N/c16-12-2-4-15-11(8-12)5-6-19(15)9-10-1-3-13(17)14(18)7-10/h1-8H,9H2. The van der Waals surface area contributed by atoms with Gasteiger partial charge in [-0.3, -0.25) is 0 Å². The molecule has 19 heavy (non-hydrogen) atoms. The Hall–Kier alpha value is -2.23. The van der Waals surface area contributed by atoms with Gasteiger partial charge in [0.1, 0.15) is 5.82 Å². The maximum absolute atomic E-state index is 13.1. The second-order valence-corrected chi connectivity index (χ2v) is 4.40. The minimum atomic E-state index is -0.861. The van der Waals surface area contributed by atoms with E-state index in [1.165, 1.54) is 24.3 Å². The Morgan fingerprint density at radius 1 is 0.842 bits per heavy atom. The van der Waals surface area contributed by atoms with Crippen LogP contribution in [-0.2, 0) is 6.54 Å². The van der Waals surface area contributed by atoms with Gasteiger partial charge in [0, 0.05) is 23.6 Å². The van der Waals surface area contributed by atoms with Gasteiger partial charge >= 0.3 is 0 Å². The predicted octanol–water partition coefficient (Wildman–Crippen LogP) is 4.11. The molecule has 1 aromatic heterocycles. The first kappa shape index (κ1) is 11.8. The van der Waals surface area contributed by atoms with Crippen LogP contribution in [0.3, 0.4) is 0 Å². The Kier molecular flexibility index (Phi) is 2.78. The van der Waals surface area contributed by atoms with Gasteiger partial charge in [-0.1, -0.05) is 6.07 Å². The number of rotatable bonds is 2. The molecule has 0 aliphatic carbocycles. The highest BCUT2D eigenvalue weighted by molar-refractivity contribution is 5.80. The van der Waals surface area contributed by atoms with Gasteiger partial charge in [0.05, 0.1) is 0 Å². The van der Waals surface area contributed by atoms with E-state index in [1.54, 1.807) is 18.3 Å². The van der Waals surface area contributed by atoms with Crippen molar-refractivity contribution in [3.8, 4) is 0 Å². The van der Waals surface area contributed by atoms with E-state index in [0.717, 1.165) is 17.0 Å². The molecule has 3 aromatic rings. The molecule has 2 aromatic carbocycles. The highest BCUT2D eigenvalue weighted by Gasteiger charge is 2.06. The largest absolute Gasteiger partial charge is 0.343 e. The highest BCUT2D eigenvalue weighted by Crippen LogP contribution is 2.19. The summed E-state index contributed by atoms with van der Waals surface area (Å²) < 4.78 is 40.9. The van der Waals surface area contributed by atoms with Gasteiger partial charge in [-0.25, -0.2) is 13.2 Å². The van der Waals surface area contributed by atoms with Crippen molar-refractivity contribution in [1.82, 2.24) is 4.57 Å². The van der Waals surface area contributed by atoms with Crippen molar-refractivity contribution in [3.63, 3.8) is 0 Å². The minimum absolute atomic E-state index is 0.293. The number of fused-ring (bicyclic) bond motifs is 1. The fourth-order valence-corrected chi connectivity index (χ4v) is 2.14. The second kappa shape index (κ2) is 4.46. The molecule has 1 nitrogen and oxygen atoms in total. The summed E-state index contributed by atoms with van der Waals surface area (Å²) in [5.74, 6) is -2.01. The average Bonchev–Trinajstić information content (AvgIpc) is 2.76. The van der Waals surface area contributed by atoms with Crippen LogP contribution < -0.4 is 0 Å². The van der Waals surface area contributed by atoms with Gasteiger partial charge in [0.25, 0.3) is 0 Å². The van der Waals surface area contributed by atoms with Crippen LogP contribution in [0.5, 0.6) is 0 Å². The van der Waals surface area contributed by atoms with Gasteiger partial charge in [-0.2, -0.15) is 0 Å². The summed E-state index contributed by atoms with van der Waals surface area (Å²) >= 11 is 0. The summed E-state index contributed by atoms with van der Waals surface area (Å²) in [6, 6.07) is 10.1. The molecule has 0 atom stereocenters. The third kappa shape index (κ3) is 2.21. The first-order chi connectivity index (χ1) is 9.13. The van der Waals surface area contributed by atoms with Crippen LogP contribution in [0.25, 0.3) is 10.9 Å². The summed E-state index contributed by atoms with van der Waals surface area (Å²) in [5, 5.41) is 0.780. The third-order valence-corrected chi connectivity index (χ3v) is 3.07. The molecule has 0 fully saturated rings. The molecule has 0 radical (unpaired) electrons. The van der Waals surface area contributed by atoms with Crippen LogP contribution >= 0.6 is 0 Å². The Balaban J connectivity index is 1.98. The molecule has 0 saturated heterocycles. The fourth-order valence-electron chi connectivity index (χ4n) is 2.14. The fraction of sp³-hybridized carbons (Fsp3) is 0.0667. The van der Waals surface area contributed by atoms with E-state index in [0.29, 0.717) is 12.1 Å². The minimum Gasteiger partial charge on any atom is -0.343 e. The topological polar surface area (TPSA) is 4.93 Å². The quantitative estimate of drug-likeness (QED) is 0.654. The first-order valence-electron chi connectivity index (χ1n) is 5.82.